The first-order valence-electron chi connectivity index (χ1n) is 5.30. The summed E-state index contributed by atoms with van der Waals surface area (Å²) in [4.78, 5) is 5.00. The molecule has 0 saturated heterocycles. The van der Waals surface area contributed by atoms with Crippen LogP contribution in [0.1, 0.15) is 23.5 Å². The second-order valence-electron chi connectivity index (χ2n) is 3.49. The third-order valence-corrected chi connectivity index (χ3v) is 3.80. The Morgan fingerprint density at radius 3 is 2.94 bits per heavy atom. The highest BCUT2D eigenvalue weighted by Crippen LogP contribution is 2.32. The third-order valence-electron chi connectivity index (χ3n) is 2.38. The zero-order valence-electron chi connectivity index (χ0n) is 9.28. The molecule has 1 unspecified atom stereocenters. The summed E-state index contributed by atoms with van der Waals surface area (Å²) < 4.78 is 13.7. The van der Waals surface area contributed by atoms with Crippen LogP contribution in [-0.2, 0) is 0 Å². The van der Waals surface area contributed by atoms with E-state index < -0.39 is 0 Å². The van der Waals surface area contributed by atoms with Crippen molar-refractivity contribution in [2.24, 2.45) is 0 Å². The molecule has 1 atom stereocenters. The standard InChI is InChI=1S/C12H12ClFN2S/c1-2-15-11(12-8(13)5-7-17-12)10-9(14)4-3-6-16-10/h3-7,11,15H,2H2,1H3. The molecule has 0 spiro atoms. The summed E-state index contributed by atoms with van der Waals surface area (Å²) in [6.45, 7) is 2.68. The Morgan fingerprint density at radius 1 is 1.53 bits per heavy atom. The second-order valence-corrected chi connectivity index (χ2v) is 4.85. The van der Waals surface area contributed by atoms with Crippen molar-refractivity contribution in [1.29, 1.82) is 0 Å². The van der Waals surface area contributed by atoms with E-state index in [1.807, 2.05) is 18.4 Å². The minimum Gasteiger partial charge on any atom is -0.304 e. The predicted molar refractivity (Wildman–Crippen MR) is 69.0 cm³/mol. The molecule has 0 aliphatic carbocycles. The Balaban J connectivity index is 2.43. The Morgan fingerprint density at radius 2 is 2.35 bits per heavy atom. The summed E-state index contributed by atoms with van der Waals surface area (Å²) in [6.07, 6.45) is 1.59. The molecule has 2 heterocycles. The van der Waals surface area contributed by atoms with Crippen molar-refractivity contribution in [3.05, 3.63) is 51.2 Å². The van der Waals surface area contributed by atoms with Gasteiger partial charge in [0.15, 0.2) is 0 Å². The lowest BCUT2D eigenvalue weighted by Gasteiger charge is -2.17. The molecular weight excluding hydrogens is 259 g/mol. The van der Waals surface area contributed by atoms with Gasteiger partial charge in [0, 0.05) is 11.1 Å². The number of halogens is 2. The molecule has 0 radical (unpaired) electrons. The molecule has 0 aliphatic heterocycles. The highest BCUT2D eigenvalue weighted by Gasteiger charge is 2.21. The summed E-state index contributed by atoms with van der Waals surface area (Å²) in [6, 6.07) is 4.52. The zero-order chi connectivity index (χ0) is 12.3. The number of nitrogens with zero attached hydrogens (tertiary/aromatic N) is 1. The van der Waals surface area contributed by atoms with E-state index in [0.29, 0.717) is 10.7 Å². The number of aromatic nitrogens is 1. The van der Waals surface area contributed by atoms with E-state index in [2.05, 4.69) is 10.3 Å². The van der Waals surface area contributed by atoms with Crippen LogP contribution in [0, 0.1) is 5.82 Å². The van der Waals surface area contributed by atoms with Crippen LogP contribution in [0.4, 0.5) is 4.39 Å². The number of thiophene rings is 1. The van der Waals surface area contributed by atoms with Crippen LogP contribution in [0.15, 0.2) is 29.8 Å². The summed E-state index contributed by atoms with van der Waals surface area (Å²) in [5, 5.41) is 5.74. The van der Waals surface area contributed by atoms with E-state index in [9.17, 15) is 4.39 Å². The number of pyridine rings is 1. The highest BCUT2D eigenvalue weighted by molar-refractivity contribution is 7.10. The number of hydrogen-bond donors (Lipinski definition) is 1. The quantitative estimate of drug-likeness (QED) is 0.918. The van der Waals surface area contributed by atoms with Gasteiger partial charge < -0.3 is 5.32 Å². The second kappa shape index (κ2) is 5.58. The Kier molecular flexibility index (Phi) is 4.10. The lowest BCUT2D eigenvalue weighted by atomic mass is 10.1. The highest BCUT2D eigenvalue weighted by atomic mass is 35.5. The SMILES string of the molecule is CCNC(c1ncccc1F)c1sccc1Cl. The van der Waals surface area contributed by atoms with Crippen LogP contribution in [0.25, 0.3) is 0 Å². The molecule has 2 aromatic heterocycles. The fourth-order valence-corrected chi connectivity index (χ4v) is 2.88. The van der Waals surface area contributed by atoms with E-state index >= 15 is 0 Å². The maximum Gasteiger partial charge on any atom is 0.146 e. The number of rotatable bonds is 4. The van der Waals surface area contributed by atoms with E-state index in [0.717, 1.165) is 11.4 Å². The fourth-order valence-electron chi connectivity index (χ4n) is 1.64. The molecule has 0 aliphatic rings. The molecule has 2 nitrogen and oxygen atoms in total. The van der Waals surface area contributed by atoms with Gasteiger partial charge in [-0.15, -0.1) is 11.3 Å². The van der Waals surface area contributed by atoms with Crippen molar-refractivity contribution < 1.29 is 4.39 Å². The van der Waals surface area contributed by atoms with Gasteiger partial charge >= 0.3 is 0 Å². The Hall–Kier alpha value is -0.970. The number of hydrogen-bond acceptors (Lipinski definition) is 3. The van der Waals surface area contributed by atoms with Gasteiger partial charge in [-0.05, 0) is 30.1 Å². The average Bonchev–Trinajstić information content (AvgIpc) is 2.74. The zero-order valence-corrected chi connectivity index (χ0v) is 10.9. The van der Waals surface area contributed by atoms with Crippen LogP contribution in [0.2, 0.25) is 5.02 Å². The summed E-state index contributed by atoms with van der Waals surface area (Å²) in [5.74, 6) is -0.317. The van der Waals surface area contributed by atoms with E-state index in [-0.39, 0.29) is 11.9 Å². The lowest BCUT2D eigenvalue weighted by molar-refractivity contribution is 0.547. The molecule has 5 heteroatoms. The monoisotopic (exact) mass is 270 g/mol. The predicted octanol–water partition coefficient (Wildman–Crippen LogP) is 3.63. The van der Waals surface area contributed by atoms with Gasteiger partial charge in [0.25, 0.3) is 0 Å². The molecule has 2 rings (SSSR count). The van der Waals surface area contributed by atoms with E-state index in [4.69, 9.17) is 11.6 Å². The first-order chi connectivity index (χ1) is 8.24. The minimum absolute atomic E-state index is 0.284. The van der Waals surface area contributed by atoms with Crippen molar-refractivity contribution in [2.75, 3.05) is 6.54 Å². The minimum atomic E-state index is -0.317. The third kappa shape index (κ3) is 2.65. The molecule has 90 valence electrons. The van der Waals surface area contributed by atoms with Crippen LogP contribution in [-0.4, -0.2) is 11.5 Å². The Bertz CT molecular complexity index is 501. The average molecular weight is 271 g/mol. The molecule has 0 fully saturated rings. The van der Waals surface area contributed by atoms with Crippen LogP contribution < -0.4 is 5.32 Å². The molecule has 2 aromatic rings. The van der Waals surface area contributed by atoms with Gasteiger partial charge in [0.2, 0.25) is 0 Å². The Labute approximate surface area is 108 Å². The molecule has 0 aromatic carbocycles. The smallest absolute Gasteiger partial charge is 0.146 e. The van der Waals surface area contributed by atoms with Crippen molar-refractivity contribution in [1.82, 2.24) is 10.3 Å². The molecule has 0 amide bonds. The molecule has 0 bridgehead atoms. The maximum atomic E-state index is 13.7. The topological polar surface area (TPSA) is 24.9 Å². The summed E-state index contributed by atoms with van der Waals surface area (Å²) >= 11 is 7.59. The normalized spacial score (nSPS) is 12.6. The number of nitrogens with one attached hydrogen (secondary N) is 1. The van der Waals surface area contributed by atoms with Gasteiger partial charge in [-0.1, -0.05) is 18.5 Å². The van der Waals surface area contributed by atoms with Crippen molar-refractivity contribution in [3.8, 4) is 0 Å². The lowest BCUT2D eigenvalue weighted by Crippen LogP contribution is -2.23. The first kappa shape index (κ1) is 12.5. The molecular formula is C12H12ClFN2S. The van der Waals surface area contributed by atoms with Gasteiger partial charge in [-0.2, -0.15) is 0 Å². The van der Waals surface area contributed by atoms with Crippen LogP contribution in [0.5, 0.6) is 0 Å². The molecule has 1 N–H and O–H groups in total. The van der Waals surface area contributed by atoms with Crippen molar-refractivity contribution >= 4 is 22.9 Å². The van der Waals surface area contributed by atoms with Gasteiger partial charge in [0.05, 0.1) is 16.8 Å². The van der Waals surface area contributed by atoms with E-state index in [1.165, 1.54) is 17.4 Å². The van der Waals surface area contributed by atoms with E-state index in [1.54, 1.807) is 12.3 Å². The van der Waals surface area contributed by atoms with Crippen LogP contribution >= 0.6 is 22.9 Å². The molecule has 17 heavy (non-hydrogen) atoms. The van der Waals surface area contributed by atoms with Crippen molar-refractivity contribution in [2.45, 2.75) is 13.0 Å². The van der Waals surface area contributed by atoms with Crippen molar-refractivity contribution in [3.63, 3.8) is 0 Å². The summed E-state index contributed by atoms with van der Waals surface area (Å²) in [7, 11) is 0. The van der Waals surface area contributed by atoms with Gasteiger partial charge in [-0.25, -0.2) is 4.39 Å². The van der Waals surface area contributed by atoms with Gasteiger partial charge in [-0.3, -0.25) is 4.98 Å². The largest absolute Gasteiger partial charge is 0.304 e. The summed E-state index contributed by atoms with van der Waals surface area (Å²) in [5.41, 5.74) is 0.388. The maximum absolute atomic E-state index is 13.7. The van der Waals surface area contributed by atoms with Gasteiger partial charge in [0.1, 0.15) is 5.82 Å². The first-order valence-corrected chi connectivity index (χ1v) is 6.56. The molecule has 0 saturated carbocycles. The fraction of sp³-hybridized carbons (Fsp3) is 0.250. The van der Waals surface area contributed by atoms with Crippen LogP contribution in [0.3, 0.4) is 0 Å².